The second-order valence-electron chi connectivity index (χ2n) is 7.87. The Morgan fingerprint density at radius 2 is 1.78 bits per heavy atom. The fraction of sp³-hybridized carbons (Fsp3) is 0.208. The van der Waals surface area contributed by atoms with Crippen molar-refractivity contribution in [1.29, 1.82) is 0 Å². The molecule has 0 amide bonds. The monoisotopic (exact) mass is 431 g/mol. The predicted octanol–water partition coefficient (Wildman–Crippen LogP) is 5.18. The lowest BCUT2D eigenvalue weighted by molar-refractivity contribution is -0.402. The maximum Gasteiger partial charge on any atom is 0.433 e. The summed E-state index contributed by atoms with van der Waals surface area (Å²) < 4.78 is 10.7. The number of rotatable bonds is 4. The van der Waals surface area contributed by atoms with E-state index >= 15 is 0 Å². The molecule has 2 aliphatic rings. The van der Waals surface area contributed by atoms with Gasteiger partial charge in [0.05, 0.1) is 24.6 Å². The Hall–Kier alpha value is -4.07. The van der Waals surface area contributed by atoms with Gasteiger partial charge in [0.1, 0.15) is 22.5 Å². The Kier molecular flexibility index (Phi) is 4.89. The molecule has 5 rings (SSSR count). The smallest absolute Gasteiger partial charge is 0.433 e. The van der Waals surface area contributed by atoms with E-state index in [-0.39, 0.29) is 17.6 Å². The van der Waals surface area contributed by atoms with Crippen LogP contribution in [0.2, 0.25) is 0 Å². The van der Waals surface area contributed by atoms with E-state index < -0.39 is 11.0 Å². The molecule has 2 N–H and O–H groups in total. The molecule has 0 bridgehead atoms. The molecule has 0 radical (unpaired) electrons. The van der Waals surface area contributed by atoms with Gasteiger partial charge in [-0.15, -0.1) is 0 Å². The van der Waals surface area contributed by atoms with Crippen LogP contribution in [0.25, 0.3) is 0 Å². The number of fused-ring (bicyclic) bond motifs is 1. The Balaban J connectivity index is 1.57. The van der Waals surface area contributed by atoms with Gasteiger partial charge in [0, 0.05) is 17.7 Å². The van der Waals surface area contributed by atoms with Crippen LogP contribution in [0, 0.1) is 10.1 Å². The number of nitrogens with zero attached hydrogens (tertiary/aromatic N) is 1. The van der Waals surface area contributed by atoms with E-state index in [1.165, 1.54) is 6.07 Å². The number of nitro groups is 1. The van der Waals surface area contributed by atoms with Crippen molar-refractivity contribution in [2.24, 2.45) is 0 Å². The molecule has 1 aromatic heterocycles. The van der Waals surface area contributed by atoms with Crippen molar-refractivity contribution in [3.8, 4) is 5.75 Å². The number of Topliss-reactive ketones (excluding diaryl/α,β-unsaturated/α-hetero) is 1. The van der Waals surface area contributed by atoms with E-state index in [9.17, 15) is 14.9 Å². The molecule has 0 spiro atoms. The summed E-state index contributed by atoms with van der Waals surface area (Å²) in [4.78, 5) is 24.0. The number of ether oxygens (including phenoxy) is 1. The highest BCUT2D eigenvalue weighted by Gasteiger charge is 2.37. The van der Waals surface area contributed by atoms with Crippen LogP contribution in [0.1, 0.15) is 36.1 Å². The van der Waals surface area contributed by atoms with Crippen molar-refractivity contribution >= 4 is 23.0 Å². The number of hydrogen-bond donors (Lipinski definition) is 2. The van der Waals surface area contributed by atoms with E-state index in [1.807, 2.05) is 48.5 Å². The topological polar surface area (TPSA) is 107 Å². The molecule has 1 aliphatic carbocycles. The molecular formula is C24H21N3O5. The zero-order valence-corrected chi connectivity index (χ0v) is 17.3. The average Bonchev–Trinajstić information content (AvgIpc) is 3.23. The van der Waals surface area contributed by atoms with Crippen molar-refractivity contribution in [3.63, 3.8) is 0 Å². The average molecular weight is 431 g/mol. The van der Waals surface area contributed by atoms with Crippen molar-refractivity contribution in [3.05, 3.63) is 93.4 Å². The van der Waals surface area contributed by atoms with Crippen molar-refractivity contribution in [2.45, 2.75) is 24.8 Å². The zero-order valence-electron chi connectivity index (χ0n) is 17.3. The fourth-order valence-electron chi connectivity index (χ4n) is 4.41. The van der Waals surface area contributed by atoms with Crippen LogP contribution in [-0.4, -0.2) is 17.8 Å². The standard InChI is InChI=1S/C24H21N3O5/c1-31-16-8-6-14(7-9-16)15-12-19-23(20(28)13-15)24(21-10-11-22(32-21)27(29)30)26-18-5-3-2-4-17(18)25-19/h2-11,15,24-26H,12-13H2,1H3/t15-,24+/m0/s1. The number of para-hydroxylation sites is 2. The number of benzene rings is 2. The first kappa shape index (κ1) is 19.9. The van der Waals surface area contributed by atoms with Gasteiger partial charge in [-0.2, -0.15) is 0 Å². The first-order valence-corrected chi connectivity index (χ1v) is 10.3. The van der Waals surface area contributed by atoms with Gasteiger partial charge in [-0.3, -0.25) is 14.9 Å². The molecule has 2 aromatic carbocycles. The van der Waals surface area contributed by atoms with Gasteiger partial charge >= 0.3 is 5.88 Å². The van der Waals surface area contributed by atoms with Crippen LogP contribution in [0.4, 0.5) is 17.3 Å². The van der Waals surface area contributed by atoms with Crippen molar-refractivity contribution < 1.29 is 18.9 Å². The lowest BCUT2D eigenvalue weighted by Crippen LogP contribution is -2.26. The van der Waals surface area contributed by atoms with Crippen molar-refractivity contribution in [1.82, 2.24) is 0 Å². The summed E-state index contributed by atoms with van der Waals surface area (Å²) in [5.74, 6) is 0.731. The van der Waals surface area contributed by atoms with Gasteiger partial charge in [-0.25, -0.2) is 0 Å². The number of anilines is 2. The fourth-order valence-corrected chi connectivity index (χ4v) is 4.41. The molecule has 0 saturated heterocycles. The second kappa shape index (κ2) is 7.88. The molecule has 8 heteroatoms. The highest BCUT2D eigenvalue weighted by atomic mass is 16.6. The number of nitrogens with one attached hydrogen (secondary N) is 2. The largest absolute Gasteiger partial charge is 0.497 e. The molecule has 0 saturated carbocycles. The highest BCUT2D eigenvalue weighted by molar-refractivity contribution is 6.01. The summed E-state index contributed by atoms with van der Waals surface area (Å²) in [5, 5.41) is 17.9. The minimum atomic E-state index is -0.626. The lowest BCUT2D eigenvalue weighted by atomic mass is 9.79. The van der Waals surface area contributed by atoms with Crippen LogP contribution in [0.5, 0.6) is 5.75 Å². The number of carbonyl (C=O) groups excluding carboxylic acids is 1. The SMILES string of the molecule is COc1ccc([C@@H]2CC(=O)C3=C(C2)Nc2ccccc2N[C@@H]3c2ccc([N+](=O)[O-])o2)cc1. The van der Waals surface area contributed by atoms with Gasteiger partial charge in [0.25, 0.3) is 0 Å². The van der Waals surface area contributed by atoms with E-state index in [1.54, 1.807) is 13.2 Å². The summed E-state index contributed by atoms with van der Waals surface area (Å²) in [6, 6.07) is 17.6. The predicted molar refractivity (Wildman–Crippen MR) is 119 cm³/mol. The van der Waals surface area contributed by atoms with Gasteiger partial charge in [0.2, 0.25) is 0 Å². The molecule has 8 nitrogen and oxygen atoms in total. The molecule has 3 aromatic rings. The molecule has 32 heavy (non-hydrogen) atoms. The van der Waals surface area contributed by atoms with Crippen molar-refractivity contribution in [2.75, 3.05) is 17.7 Å². The van der Waals surface area contributed by atoms with Crippen LogP contribution < -0.4 is 15.4 Å². The Bertz CT molecular complexity index is 1230. The number of hydrogen-bond acceptors (Lipinski definition) is 7. The summed E-state index contributed by atoms with van der Waals surface area (Å²) in [7, 11) is 1.62. The van der Waals surface area contributed by atoms with Crippen LogP contribution >= 0.6 is 0 Å². The first-order valence-electron chi connectivity index (χ1n) is 10.3. The molecule has 2 heterocycles. The molecule has 0 unspecified atom stereocenters. The van der Waals surface area contributed by atoms with E-state index in [0.29, 0.717) is 24.2 Å². The third kappa shape index (κ3) is 3.49. The molecule has 162 valence electrons. The third-order valence-corrected chi connectivity index (χ3v) is 5.97. The second-order valence-corrected chi connectivity index (χ2v) is 7.87. The first-order chi connectivity index (χ1) is 15.5. The molecule has 0 fully saturated rings. The number of ketones is 1. The normalized spacial score (nSPS) is 19.8. The maximum atomic E-state index is 13.4. The van der Waals surface area contributed by atoms with Crippen LogP contribution in [0.15, 0.2) is 76.4 Å². The summed E-state index contributed by atoms with van der Waals surface area (Å²) in [5.41, 5.74) is 4.04. The quantitative estimate of drug-likeness (QED) is 0.433. The molecule has 2 atom stereocenters. The minimum Gasteiger partial charge on any atom is -0.497 e. The highest BCUT2D eigenvalue weighted by Crippen LogP contribution is 2.44. The number of methoxy groups -OCH3 is 1. The third-order valence-electron chi connectivity index (χ3n) is 5.97. The number of allylic oxidation sites excluding steroid dienone is 1. The van der Waals surface area contributed by atoms with Crippen LogP contribution in [0.3, 0.4) is 0 Å². The minimum absolute atomic E-state index is 0.0107. The Labute approximate surface area is 184 Å². The van der Waals surface area contributed by atoms with Crippen LogP contribution in [-0.2, 0) is 4.79 Å². The maximum absolute atomic E-state index is 13.4. The van der Waals surface area contributed by atoms with Gasteiger partial charge in [-0.1, -0.05) is 24.3 Å². The number of furan rings is 1. The van der Waals surface area contributed by atoms with Gasteiger partial charge in [0.15, 0.2) is 5.78 Å². The van der Waals surface area contributed by atoms with Gasteiger partial charge in [-0.05, 0) is 48.2 Å². The summed E-state index contributed by atoms with van der Waals surface area (Å²) in [6.07, 6.45) is 0.965. The van der Waals surface area contributed by atoms with Gasteiger partial charge < -0.3 is 19.8 Å². The zero-order chi connectivity index (χ0) is 22.2. The summed E-state index contributed by atoms with van der Waals surface area (Å²) in [6.45, 7) is 0. The Morgan fingerprint density at radius 1 is 1.03 bits per heavy atom. The van der Waals surface area contributed by atoms with E-state index in [2.05, 4.69) is 10.6 Å². The van der Waals surface area contributed by atoms with E-state index in [0.717, 1.165) is 28.4 Å². The molecular weight excluding hydrogens is 410 g/mol. The molecule has 1 aliphatic heterocycles. The summed E-state index contributed by atoms with van der Waals surface area (Å²) >= 11 is 0. The lowest BCUT2D eigenvalue weighted by Gasteiger charge is -2.29. The van der Waals surface area contributed by atoms with E-state index in [4.69, 9.17) is 9.15 Å². The Morgan fingerprint density at radius 3 is 2.47 bits per heavy atom. The number of carbonyl (C=O) groups is 1.